The number of fused-ring (bicyclic) bond motifs is 1. The van der Waals surface area contributed by atoms with Crippen molar-refractivity contribution >= 4 is 11.6 Å². The van der Waals surface area contributed by atoms with Gasteiger partial charge in [0.1, 0.15) is 6.10 Å². The molecule has 7 nitrogen and oxygen atoms in total. The van der Waals surface area contributed by atoms with E-state index >= 15 is 0 Å². The smallest absolute Gasteiger partial charge is 0.338 e. The molecule has 2 N–H and O–H groups in total. The number of nitrogens with zero attached hydrogens (tertiary/aromatic N) is 3. The molecule has 0 radical (unpaired) electrons. The van der Waals surface area contributed by atoms with Crippen LogP contribution in [0.5, 0.6) is 0 Å². The minimum absolute atomic E-state index is 0.135. The molecule has 0 saturated heterocycles. The van der Waals surface area contributed by atoms with E-state index in [9.17, 15) is 15.0 Å². The largest absolute Gasteiger partial charge is 0.464 e. The molecule has 18 heavy (non-hydrogen) atoms. The van der Waals surface area contributed by atoms with E-state index in [-0.39, 0.29) is 12.2 Å². The summed E-state index contributed by atoms with van der Waals surface area (Å²) in [6.07, 6.45) is 1.46. The lowest BCUT2D eigenvalue weighted by molar-refractivity contribution is -0.159. The Labute approximate surface area is 103 Å². The third-order valence-corrected chi connectivity index (χ3v) is 2.45. The van der Waals surface area contributed by atoms with E-state index in [1.165, 1.54) is 16.9 Å². The first-order valence-corrected chi connectivity index (χ1v) is 5.46. The fourth-order valence-electron chi connectivity index (χ4n) is 1.58. The molecule has 0 aliphatic carbocycles. The fourth-order valence-corrected chi connectivity index (χ4v) is 1.58. The van der Waals surface area contributed by atoms with Crippen LogP contribution in [-0.2, 0) is 9.53 Å². The molecule has 2 unspecified atom stereocenters. The lowest BCUT2D eigenvalue weighted by Gasteiger charge is -2.14. The molecule has 7 heteroatoms. The zero-order valence-electron chi connectivity index (χ0n) is 9.72. The summed E-state index contributed by atoms with van der Waals surface area (Å²) in [5.74, 6) is -0.875. The molecular weight excluding hydrogens is 238 g/mol. The first kappa shape index (κ1) is 12.5. The molecule has 2 aromatic heterocycles. The summed E-state index contributed by atoms with van der Waals surface area (Å²) in [5, 5.41) is 23.5. The van der Waals surface area contributed by atoms with E-state index in [1.54, 1.807) is 19.2 Å². The van der Waals surface area contributed by atoms with E-state index in [0.717, 1.165) is 0 Å². The average molecular weight is 251 g/mol. The van der Waals surface area contributed by atoms with Crippen molar-refractivity contribution in [2.45, 2.75) is 19.1 Å². The maximum absolute atomic E-state index is 11.3. The SMILES string of the molecule is CCOC(=O)C(O)C(O)c1cnn2cccnc12. The van der Waals surface area contributed by atoms with Crippen LogP contribution in [0.15, 0.2) is 24.7 Å². The number of carbonyl (C=O) groups is 1. The van der Waals surface area contributed by atoms with Crippen LogP contribution < -0.4 is 0 Å². The van der Waals surface area contributed by atoms with Gasteiger partial charge in [-0.3, -0.25) is 0 Å². The normalized spacial score (nSPS) is 14.4. The summed E-state index contributed by atoms with van der Waals surface area (Å²) in [7, 11) is 0. The van der Waals surface area contributed by atoms with Crippen molar-refractivity contribution in [3.8, 4) is 0 Å². The predicted octanol–water partition coefficient (Wildman–Crippen LogP) is -0.313. The van der Waals surface area contributed by atoms with Crippen LogP contribution in [0, 0.1) is 0 Å². The quantitative estimate of drug-likeness (QED) is 0.723. The zero-order valence-corrected chi connectivity index (χ0v) is 9.72. The van der Waals surface area contributed by atoms with E-state index < -0.39 is 18.2 Å². The number of ether oxygens (including phenoxy) is 1. The fraction of sp³-hybridized carbons (Fsp3) is 0.364. The minimum Gasteiger partial charge on any atom is -0.464 e. The Bertz CT molecular complexity index is 554. The Morgan fingerprint density at radius 3 is 3.06 bits per heavy atom. The number of aromatic nitrogens is 3. The second-order valence-corrected chi connectivity index (χ2v) is 3.63. The van der Waals surface area contributed by atoms with Gasteiger partial charge in [0.15, 0.2) is 11.8 Å². The van der Waals surface area contributed by atoms with E-state index in [1.807, 2.05) is 0 Å². The Balaban J connectivity index is 2.28. The highest BCUT2D eigenvalue weighted by Crippen LogP contribution is 2.21. The summed E-state index contributed by atoms with van der Waals surface area (Å²) in [6, 6.07) is 1.68. The topological polar surface area (TPSA) is 97.0 Å². The van der Waals surface area contributed by atoms with Crippen molar-refractivity contribution in [1.29, 1.82) is 0 Å². The van der Waals surface area contributed by atoms with Gasteiger partial charge in [-0.25, -0.2) is 14.3 Å². The zero-order chi connectivity index (χ0) is 13.1. The number of aliphatic hydroxyl groups excluding tert-OH is 2. The first-order chi connectivity index (χ1) is 8.65. The second-order valence-electron chi connectivity index (χ2n) is 3.63. The summed E-state index contributed by atoms with van der Waals surface area (Å²) < 4.78 is 6.08. The molecule has 0 saturated carbocycles. The summed E-state index contributed by atoms with van der Waals surface area (Å²) in [4.78, 5) is 15.4. The van der Waals surface area contributed by atoms with Gasteiger partial charge in [-0.1, -0.05) is 0 Å². The van der Waals surface area contributed by atoms with Crippen LogP contribution in [-0.4, -0.2) is 43.5 Å². The van der Waals surface area contributed by atoms with Crippen LogP contribution in [0.4, 0.5) is 0 Å². The van der Waals surface area contributed by atoms with Gasteiger partial charge in [0.2, 0.25) is 0 Å². The monoisotopic (exact) mass is 251 g/mol. The van der Waals surface area contributed by atoms with Crippen molar-refractivity contribution in [2.75, 3.05) is 6.61 Å². The molecule has 0 aliphatic rings. The minimum atomic E-state index is -1.65. The maximum atomic E-state index is 11.3. The molecule has 2 rings (SSSR count). The van der Waals surface area contributed by atoms with Gasteiger partial charge >= 0.3 is 5.97 Å². The van der Waals surface area contributed by atoms with Gasteiger partial charge in [0, 0.05) is 18.0 Å². The lowest BCUT2D eigenvalue weighted by Crippen LogP contribution is -2.29. The number of carbonyl (C=O) groups excluding carboxylic acids is 1. The van der Waals surface area contributed by atoms with Crippen molar-refractivity contribution in [3.05, 3.63) is 30.2 Å². The predicted molar refractivity (Wildman–Crippen MR) is 60.6 cm³/mol. The molecule has 0 amide bonds. The second kappa shape index (κ2) is 5.11. The van der Waals surface area contributed by atoms with Crippen molar-refractivity contribution in [3.63, 3.8) is 0 Å². The highest BCUT2D eigenvalue weighted by atomic mass is 16.5. The number of esters is 1. The Kier molecular flexibility index (Phi) is 3.54. The Hall–Kier alpha value is -1.99. The molecule has 96 valence electrons. The van der Waals surface area contributed by atoms with Crippen LogP contribution in [0.2, 0.25) is 0 Å². The molecule has 2 aromatic rings. The van der Waals surface area contributed by atoms with Crippen molar-refractivity contribution < 1.29 is 19.7 Å². The standard InChI is InChI=1S/C11H13N3O4/c1-2-18-11(17)9(16)8(15)7-6-13-14-5-3-4-12-10(7)14/h3-6,8-9,15-16H,2H2,1H3. The number of aliphatic hydroxyl groups is 2. The highest BCUT2D eigenvalue weighted by Gasteiger charge is 2.29. The van der Waals surface area contributed by atoms with E-state index in [4.69, 9.17) is 0 Å². The van der Waals surface area contributed by atoms with Crippen LogP contribution >= 0.6 is 0 Å². The third kappa shape index (κ3) is 2.18. The molecule has 0 aliphatic heterocycles. The van der Waals surface area contributed by atoms with Crippen molar-refractivity contribution in [2.24, 2.45) is 0 Å². The molecule has 2 heterocycles. The van der Waals surface area contributed by atoms with Gasteiger partial charge < -0.3 is 14.9 Å². The van der Waals surface area contributed by atoms with E-state index in [0.29, 0.717) is 5.65 Å². The van der Waals surface area contributed by atoms with Gasteiger partial charge in [-0.15, -0.1) is 0 Å². The summed E-state index contributed by atoms with van der Waals surface area (Å²) >= 11 is 0. The summed E-state index contributed by atoms with van der Waals surface area (Å²) in [5.41, 5.74) is 0.657. The first-order valence-electron chi connectivity index (χ1n) is 5.46. The number of hydrogen-bond acceptors (Lipinski definition) is 6. The van der Waals surface area contributed by atoms with Crippen LogP contribution in [0.3, 0.4) is 0 Å². The Morgan fingerprint density at radius 1 is 1.56 bits per heavy atom. The average Bonchev–Trinajstić information content (AvgIpc) is 2.81. The molecule has 0 spiro atoms. The molecule has 0 fully saturated rings. The maximum Gasteiger partial charge on any atom is 0.338 e. The molecule has 0 bridgehead atoms. The Morgan fingerprint density at radius 2 is 2.33 bits per heavy atom. The molecule has 0 aromatic carbocycles. The lowest BCUT2D eigenvalue weighted by atomic mass is 10.1. The van der Waals surface area contributed by atoms with Gasteiger partial charge in [-0.2, -0.15) is 5.10 Å². The van der Waals surface area contributed by atoms with Gasteiger partial charge in [0.25, 0.3) is 0 Å². The van der Waals surface area contributed by atoms with Crippen molar-refractivity contribution in [1.82, 2.24) is 14.6 Å². The highest BCUT2D eigenvalue weighted by molar-refractivity contribution is 5.75. The van der Waals surface area contributed by atoms with Crippen LogP contribution in [0.1, 0.15) is 18.6 Å². The van der Waals surface area contributed by atoms with Gasteiger partial charge in [-0.05, 0) is 13.0 Å². The molecular formula is C11H13N3O4. The number of hydrogen-bond donors (Lipinski definition) is 2. The summed E-state index contributed by atoms with van der Waals surface area (Å²) in [6.45, 7) is 1.75. The number of rotatable bonds is 4. The van der Waals surface area contributed by atoms with E-state index in [2.05, 4.69) is 14.8 Å². The third-order valence-electron chi connectivity index (χ3n) is 2.45. The van der Waals surface area contributed by atoms with Gasteiger partial charge in [0.05, 0.1) is 12.8 Å². The van der Waals surface area contributed by atoms with Crippen LogP contribution in [0.25, 0.3) is 5.65 Å². The molecule has 2 atom stereocenters.